The van der Waals surface area contributed by atoms with Gasteiger partial charge in [-0.1, -0.05) is 19.0 Å². The van der Waals surface area contributed by atoms with Crippen LogP contribution in [0.4, 0.5) is 0 Å². The summed E-state index contributed by atoms with van der Waals surface area (Å²) in [6.07, 6.45) is 1.49. The van der Waals surface area contributed by atoms with E-state index in [0.29, 0.717) is 13.2 Å². The largest absolute Gasteiger partial charge is 0.409 e. The minimum atomic E-state index is -0.358. The van der Waals surface area contributed by atoms with E-state index in [1.807, 2.05) is 13.8 Å². The first-order chi connectivity index (χ1) is 7.97. The Bertz CT molecular complexity index is 232. The Balaban J connectivity index is 3.95. The fourth-order valence-corrected chi connectivity index (χ4v) is 1.37. The Morgan fingerprint density at radius 3 is 2.65 bits per heavy atom. The fraction of sp³-hybridized carbons (Fsp3) is 0.909. The van der Waals surface area contributed by atoms with Crippen LogP contribution in [0.2, 0.25) is 0 Å². The van der Waals surface area contributed by atoms with E-state index in [1.165, 1.54) is 0 Å². The van der Waals surface area contributed by atoms with E-state index < -0.39 is 0 Å². The fourth-order valence-electron chi connectivity index (χ4n) is 1.37. The number of nitrogens with zero attached hydrogens (tertiary/aromatic N) is 1. The molecule has 1 atom stereocenters. The molecule has 1 unspecified atom stereocenters. The van der Waals surface area contributed by atoms with E-state index in [9.17, 15) is 0 Å². The lowest BCUT2D eigenvalue weighted by Gasteiger charge is -2.24. The zero-order valence-electron chi connectivity index (χ0n) is 10.9. The molecule has 0 saturated heterocycles. The van der Waals surface area contributed by atoms with E-state index in [-0.39, 0.29) is 23.9 Å². The Labute approximate surface area is 103 Å². The third-order valence-electron chi connectivity index (χ3n) is 2.87. The monoisotopic (exact) mass is 247 g/mol. The molecule has 0 aromatic heterocycles. The molecule has 0 bridgehead atoms. The van der Waals surface area contributed by atoms with Crippen molar-refractivity contribution >= 4 is 5.84 Å². The third kappa shape index (κ3) is 6.45. The molecule has 5 N–H and O–H groups in total. The smallest absolute Gasteiger partial charge is 0.144 e. The highest BCUT2D eigenvalue weighted by Gasteiger charge is 2.23. The summed E-state index contributed by atoms with van der Waals surface area (Å²) in [4.78, 5) is 0. The predicted octanol–water partition coefficient (Wildman–Crippen LogP) is 0.136. The van der Waals surface area contributed by atoms with Gasteiger partial charge in [0, 0.05) is 25.2 Å². The quantitative estimate of drug-likeness (QED) is 0.201. The van der Waals surface area contributed by atoms with E-state index in [0.717, 1.165) is 12.8 Å². The zero-order valence-corrected chi connectivity index (χ0v) is 10.9. The minimum Gasteiger partial charge on any atom is -0.409 e. The molecule has 0 rings (SSSR count). The van der Waals surface area contributed by atoms with Crippen molar-refractivity contribution in [3.05, 3.63) is 0 Å². The number of ether oxygens (including phenoxy) is 1. The molecular formula is C11H25N3O3. The van der Waals surface area contributed by atoms with E-state index in [1.54, 1.807) is 7.11 Å². The SMILES string of the molecule is COCCC(CO)NCCC(C)(C)C(N)=NO. The molecule has 102 valence electrons. The van der Waals surface area contributed by atoms with Gasteiger partial charge in [0.25, 0.3) is 0 Å². The van der Waals surface area contributed by atoms with Crippen LogP contribution in [0.3, 0.4) is 0 Å². The first-order valence-corrected chi connectivity index (χ1v) is 5.79. The molecule has 0 aromatic carbocycles. The first-order valence-electron chi connectivity index (χ1n) is 5.79. The maximum atomic E-state index is 9.13. The van der Waals surface area contributed by atoms with Crippen LogP contribution in [-0.2, 0) is 4.74 Å². The van der Waals surface area contributed by atoms with E-state index in [4.69, 9.17) is 20.8 Å². The van der Waals surface area contributed by atoms with Crippen molar-refractivity contribution < 1.29 is 15.1 Å². The standard InChI is InChI=1S/C11H25N3O3/c1-11(2,10(12)14-16)5-6-13-9(8-15)4-7-17-3/h9,13,15-16H,4-8H2,1-3H3,(H2,12,14). The highest BCUT2D eigenvalue weighted by atomic mass is 16.5. The summed E-state index contributed by atoms with van der Waals surface area (Å²) in [5.74, 6) is 0.219. The second-order valence-corrected chi connectivity index (χ2v) is 4.73. The van der Waals surface area contributed by atoms with Crippen LogP contribution < -0.4 is 11.1 Å². The van der Waals surface area contributed by atoms with E-state index >= 15 is 0 Å². The summed E-state index contributed by atoms with van der Waals surface area (Å²) in [5, 5.41) is 24.0. The number of hydrogen-bond donors (Lipinski definition) is 4. The van der Waals surface area contributed by atoms with Crippen molar-refractivity contribution in [2.75, 3.05) is 26.9 Å². The summed E-state index contributed by atoms with van der Waals surface area (Å²) in [7, 11) is 1.63. The number of aliphatic hydroxyl groups excluding tert-OH is 1. The average molecular weight is 247 g/mol. The van der Waals surface area contributed by atoms with Crippen LogP contribution in [0.15, 0.2) is 5.16 Å². The maximum Gasteiger partial charge on any atom is 0.144 e. The molecule has 6 heteroatoms. The van der Waals surface area contributed by atoms with Gasteiger partial charge in [-0.2, -0.15) is 0 Å². The zero-order chi connectivity index (χ0) is 13.3. The van der Waals surface area contributed by atoms with Gasteiger partial charge in [0.2, 0.25) is 0 Å². The predicted molar refractivity (Wildman–Crippen MR) is 67.2 cm³/mol. The second kappa shape index (κ2) is 8.27. The van der Waals surface area contributed by atoms with Gasteiger partial charge in [-0.3, -0.25) is 0 Å². The second-order valence-electron chi connectivity index (χ2n) is 4.73. The topological polar surface area (TPSA) is 100 Å². The lowest BCUT2D eigenvalue weighted by Crippen LogP contribution is -2.39. The van der Waals surface area contributed by atoms with Crippen molar-refractivity contribution in [2.45, 2.75) is 32.7 Å². The number of nitrogens with one attached hydrogen (secondary N) is 1. The number of amidine groups is 1. The molecule has 0 saturated carbocycles. The maximum absolute atomic E-state index is 9.13. The van der Waals surface area contributed by atoms with Gasteiger partial charge in [-0.15, -0.1) is 0 Å². The minimum absolute atomic E-state index is 0.0260. The molecule has 0 amide bonds. The van der Waals surface area contributed by atoms with Gasteiger partial charge in [-0.05, 0) is 19.4 Å². The van der Waals surface area contributed by atoms with Gasteiger partial charge in [0.05, 0.1) is 6.61 Å². The average Bonchev–Trinajstić information content (AvgIpc) is 2.32. The number of hydrogen-bond acceptors (Lipinski definition) is 5. The molecular weight excluding hydrogens is 222 g/mol. The van der Waals surface area contributed by atoms with Crippen molar-refractivity contribution in [1.29, 1.82) is 0 Å². The summed E-state index contributed by atoms with van der Waals surface area (Å²) in [5.41, 5.74) is 5.23. The highest BCUT2D eigenvalue weighted by Crippen LogP contribution is 2.19. The molecule has 0 aliphatic heterocycles. The van der Waals surface area contributed by atoms with Crippen molar-refractivity contribution in [3.63, 3.8) is 0 Å². The summed E-state index contributed by atoms with van der Waals surface area (Å²) >= 11 is 0. The van der Waals surface area contributed by atoms with Crippen molar-refractivity contribution in [3.8, 4) is 0 Å². The Morgan fingerprint density at radius 2 is 2.18 bits per heavy atom. The summed E-state index contributed by atoms with van der Waals surface area (Å²) in [6, 6.07) is 0.0260. The molecule has 0 aliphatic rings. The molecule has 0 spiro atoms. The number of oxime groups is 1. The van der Waals surface area contributed by atoms with Crippen LogP contribution in [0, 0.1) is 5.41 Å². The Kier molecular flexibility index (Phi) is 7.86. The molecule has 0 aliphatic carbocycles. The number of aliphatic hydroxyl groups is 1. The normalized spacial score (nSPS) is 14.9. The van der Waals surface area contributed by atoms with E-state index in [2.05, 4.69) is 10.5 Å². The molecule has 6 nitrogen and oxygen atoms in total. The lowest BCUT2D eigenvalue weighted by molar-refractivity contribution is 0.158. The summed E-state index contributed by atoms with van der Waals surface area (Å²) < 4.78 is 4.95. The number of methoxy groups -OCH3 is 1. The van der Waals surface area contributed by atoms with Crippen LogP contribution in [-0.4, -0.2) is 49.1 Å². The Hall–Kier alpha value is -0.850. The molecule has 0 radical (unpaired) electrons. The number of nitrogens with two attached hydrogens (primary N) is 1. The molecule has 0 aromatic rings. The lowest BCUT2D eigenvalue weighted by atomic mass is 9.88. The highest BCUT2D eigenvalue weighted by molar-refractivity contribution is 5.85. The van der Waals surface area contributed by atoms with Crippen molar-refractivity contribution in [2.24, 2.45) is 16.3 Å². The van der Waals surface area contributed by atoms with Gasteiger partial charge in [0.1, 0.15) is 5.84 Å². The van der Waals surface area contributed by atoms with Crippen LogP contribution in [0.5, 0.6) is 0 Å². The van der Waals surface area contributed by atoms with Gasteiger partial charge in [0.15, 0.2) is 0 Å². The van der Waals surface area contributed by atoms with Crippen molar-refractivity contribution in [1.82, 2.24) is 5.32 Å². The van der Waals surface area contributed by atoms with Gasteiger partial charge < -0.3 is 26.1 Å². The van der Waals surface area contributed by atoms with Crippen LogP contribution >= 0.6 is 0 Å². The van der Waals surface area contributed by atoms with Gasteiger partial charge >= 0.3 is 0 Å². The van der Waals surface area contributed by atoms with Crippen LogP contribution in [0.25, 0.3) is 0 Å². The Morgan fingerprint density at radius 1 is 1.53 bits per heavy atom. The molecule has 0 fully saturated rings. The van der Waals surface area contributed by atoms with Gasteiger partial charge in [-0.25, -0.2) is 0 Å². The molecule has 0 heterocycles. The number of rotatable bonds is 9. The third-order valence-corrected chi connectivity index (χ3v) is 2.87. The summed E-state index contributed by atoms with van der Waals surface area (Å²) in [6.45, 7) is 5.20. The van der Waals surface area contributed by atoms with Crippen LogP contribution in [0.1, 0.15) is 26.7 Å². The molecule has 17 heavy (non-hydrogen) atoms. The first kappa shape index (κ1) is 16.1.